The van der Waals surface area contributed by atoms with E-state index in [1.807, 2.05) is 13.0 Å². The molecule has 1 heterocycles. The van der Waals surface area contributed by atoms with E-state index in [0.717, 1.165) is 11.3 Å². The van der Waals surface area contributed by atoms with E-state index in [0.29, 0.717) is 4.88 Å². The van der Waals surface area contributed by atoms with Crippen LogP contribution in [0.3, 0.4) is 0 Å². The first-order valence-electron chi connectivity index (χ1n) is 5.26. The van der Waals surface area contributed by atoms with Gasteiger partial charge in [-0.15, -0.1) is 11.3 Å². The highest BCUT2D eigenvalue weighted by Gasteiger charge is 2.25. The molecule has 0 saturated carbocycles. The van der Waals surface area contributed by atoms with Crippen LogP contribution >= 0.6 is 11.3 Å². The van der Waals surface area contributed by atoms with E-state index in [9.17, 15) is 14.7 Å². The van der Waals surface area contributed by atoms with Crippen LogP contribution in [-0.4, -0.2) is 34.2 Å². The fraction of sp³-hybridized carbons (Fsp3) is 0.455. The number of nitrogens with one attached hydrogen (secondary N) is 1. The Morgan fingerprint density at radius 1 is 1.47 bits per heavy atom. The van der Waals surface area contributed by atoms with Crippen molar-refractivity contribution in [3.8, 4) is 0 Å². The standard InChI is InChI=1S/C11H15NO4S/c1-3-7-4-5-8(17-7)10(14)12-9(6(2)13)11(15)16/h4-6,9,13H,3H2,1-2H3,(H,12,14)(H,15,16)/t6-,9+/m1/s1. The minimum atomic E-state index is -1.28. The Morgan fingerprint density at radius 3 is 2.53 bits per heavy atom. The predicted octanol–water partition coefficient (Wildman–Crippen LogP) is 0.874. The second-order valence-electron chi connectivity index (χ2n) is 3.65. The number of rotatable bonds is 5. The molecule has 1 aromatic heterocycles. The van der Waals surface area contributed by atoms with E-state index in [2.05, 4.69) is 5.32 Å². The number of hydrogen-bond donors (Lipinski definition) is 3. The van der Waals surface area contributed by atoms with E-state index >= 15 is 0 Å². The summed E-state index contributed by atoms with van der Waals surface area (Å²) in [6.45, 7) is 3.30. The van der Waals surface area contributed by atoms with Crippen LogP contribution in [0, 0.1) is 0 Å². The van der Waals surface area contributed by atoms with Gasteiger partial charge in [0.2, 0.25) is 0 Å². The largest absolute Gasteiger partial charge is 0.480 e. The van der Waals surface area contributed by atoms with Crippen molar-refractivity contribution in [2.24, 2.45) is 0 Å². The average Bonchev–Trinajstić information content (AvgIpc) is 2.73. The van der Waals surface area contributed by atoms with Crippen molar-refractivity contribution in [1.29, 1.82) is 0 Å². The lowest BCUT2D eigenvalue weighted by atomic mass is 10.2. The predicted molar refractivity (Wildman–Crippen MR) is 64.3 cm³/mol. The van der Waals surface area contributed by atoms with Crippen molar-refractivity contribution in [3.63, 3.8) is 0 Å². The van der Waals surface area contributed by atoms with Gasteiger partial charge in [0, 0.05) is 4.88 Å². The van der Waals surface area contributed by atoms with Crippen LogP contribution < -0.4 is 5.32 Å². The quantitative estimate of drug-likeness (QED) is 0.730. The molecule has 0 aliphatic heterocycles. The Balaban J connectivity index is 2.73. The van der Waals surface area contributed by atoms with Gasteiger partial charge in [-0.1, -0.05) is 6.92 Å². The first-order valence-corrected chi connectivity index (χ1v) is 6.07. The molecular weight excluding hydrogens is 242 g/mol. The van der Waals surface area contributed by atoms with E-state index in [1.165, 1.54) is 18.3 Å². The number of aryl methyl sites for hydroxylation is 1. The molecule has 0 fully saturated rings. The maximum atomic E-state index is 11.7. The Bertz CT molecular complexity index is 413. The van der Waals surface area contributed by atoms with Gasteiger partial charge in [-0.05, 0) is 25.5 Å². The van der Waals surface area contributed by atoms with Gasteiger partial charge in [0.25, 0.3) is 5.91 Å². The number of aliphatic hydroxyl groups is 1. The Hall–Kier alpha value is -1.40. The molecule has 6 heteroatoms. The Kier molecular flexibility index (Phi) is 4.65. The monoisotopic (exact) mass is 257 g/mol. The third-order valence-corrected chi connectivity index (χ3v) is 3.50. The average molecular weight is 257 g/mol. The summed E-state index contributed by atoms with van der Waals surface area (Å²) in [6.07, 6.45) is -0.307. The maximum absolute atomic E-state index is 11.7. The first kappa shape index (κ1) is 13.7. The molecule has 2 atom stereocenters. The lowest BCUT2D eigenvalue weighted by Gasteiger charge is -2.16. The number of carbonyl (C=O) groups is 2. The molecule has 0 saturated heterocycles. The molecule has 0 aliphatic carbocycles. The number of carboxylic acids is 1. The van der Waals surface area contributed by atoms with Gasteiger partial charge in [-0.3, -0.25) is 4.79 Å². The van der Waals surface area contributed by atoms with E-state index in [4.69, 9.17) is 5.11 Å². The summed E-state index contributed by atoms with van der Waals surface area (Å²) in [5.74, 6) is -1.72. The highest BCUT2D eigenvalue weighted by Crippen LogP contribution is 2.16. The number of aliphatic carboxylic acids is 1. The van der Waals surface area contributed by atoms with Crippen LogP contribution in [0.25, 0.3) is 0 Å². The summed E-state index contributed by atoms with van der Waals surface area (Å²) >= 11 is 1.32. The smallest absolute Gasteiger partial charge is 0.328 e. The lowest BCUT2D eigenvalue weighted by molar-refractivity contribution is -0.141. The number of hydrogen-bond acceptors (Lipinski definition) is 4. The van der Waals surface area contributed by atoms with Crippen molar-refractivity contribution in [3.05, 3.63) is 21.9 Å². The second-order valence-corrected chi connectivity index (χ2v) is 4.82. The van der Waals surface area contributed by atoms with Crippen molar-refractivity contribution in [2.45, 2.75) is 32.4 Å². The molecule has 5 nitrogen and oxygen atoms in total. The molecule has 1 rings (SSSR count). The zero-order chi connectivity index (χ0) is 13.0. The molecule has 94 valence electrons. The van der Waals surface area contributed by atoms with E-state index in [-0.39, 0.29) is 0 Å². The Labute approximate surface area is 103 Å². The van der Waals surface area contributed by atoms with Crippen molar-refractivity contribution < 1.29 is 19.8 Å². The molecule has 0 unspecified atom stereocenters. The molecule has 0 aliphatic rings. The number of amides is 1. The van der Waals surface area contributed by atoms with Gasteiger partial charge in [-0.2, -0.15) is 0 Å². The number of carbonyl (C=O) groups excluding carboxylic acids is 1. The molecular formula is C11H15NO4S. The minimum absolute atomic E-state index is 0.453. The number of thiophene rings is 1. The van der Waals surface area contributed by atoms with Crippen LogP contribution in [0.4, 0.5) is 0 Å². The van der Waals surface area contributed by atoms with Gasteiger partial charge in [0.05, 0.1) is 11.0 Å². The van der Waals surface area contributed by atoms with Gasteiger partial charge >= 0.3 is 5.97 Å². The van der Waals surface area contributed by atoms with Crippen LogP contribution in [0.1, 0.15) is 28.4 Å². The minimum Gasteiger partial charge on any atom is -0.480 e. The van der Waals surface area contributed by atoms with Crippen molar-refractivity contribution in [2.75, 3.05) is 0 Å². The fourth-order valence-corrected chi connectivity index (χ4v) is 2.14. The molecule has 0 bridgehead atoms. The second kappa shape index (κ2) is 5.79. The molecule has 3 N–H and O–H groups in total. The summed E-state index contributed by atoms with van der Waals surface area (Å²) in [5, 5.41) is 20.3. The van der Waals surface area contributed by atoms with Crippen LogP contribution in [-0.2, 0) is 11.2 Å². The zero-order valence-corrected chi connectivity index (χ0v) is 10.5. The zero-order valence-electron chi connectivity index (χ0n) is 9.64. The topological polar surface area (TPSA) is 86.6 Å². The van der Waals surface area contributed by atoms with Crippen LogP contribution in [0.5, 0.6) is 0 Å². The normalized spacial score (nSPS) is 14.1. The SMILES string of the molecule is CCc1ccc(C(=O)N[C@H](C(=O)O)[C@@H](C)O)s1. The molecule has 0 spiro atoms. The van der Waals surface area contributed by atoms with Gasteiger partial charge in [0.1, 0.15) is 0 Å². The van der Waals surface area contributed by atoms with Gasteiger partial charge < -0.3 is 15.5 Å². The summed E-state index contributed by atoms with van der Waals surface area (Å²) in [7, 11) is 0. The summed E-state index contributed by atoms with van der Waals surface area (Å²) < 4.78 is 0. The summed E-state index contributed by atoms with van der Waals surface area (Å²) in [4.78, 5) is 24.0. The molecule has 1 aromatic rings. The molecule has 1 amide bonds. The van der Waals surface area contributed by atoms with Crippen molar-refractivity contribution in [1.82, 2.24) is 5.32 Å². The number of aliphatic hydroxyl groups excluding tert-OH is 1. The Morgan fingerprint density at radius 2 is 2.12 bits per heavy atom. The number of carboxylic acid groups (broad SMARTS) is 1. The van der Waals surface area contributed by atoms with E-state index in [1.54, 1.807) is 6.07 Å². The molecule has 0 aromatic carbocycles. The highest BCUT2D eigenvalue weighted by molar-refractivity contribution is 7.14. The van der Waals surface area contributed by atoms with E-state index < -0.39 is 24.0 Å². The highest BCUT2D eigenvalue weighted by atomic mass is 32.1. The first-order chi connectivity index (χ1) is 7.95. The maximum Gasteiger partial charge on any atom is 0.328 e. The third-order valence-electron chi connectivity index (χ3n) is 2.27. The third kappa shape index (κ3) is 3.54. The van der Waals surface area contributed by atoms with Crippen LogP contribution in [0.2, 0.25) is 0 Å². The van der Waals surface area contributed by atoms with Crippen LogP contribution in [0.15, 0.2) is 12.1 Å². The summed E-state index contributed by atoms with van der Waals surface area (Å²) in [6, 6.07) is 2.20. The fourth-order valence-electron chi connectivity index (χ4n) is 1.29. The van der Waals surface area contributed by atoms with Gasteiger partial charge in [0.15, 0.2) is 6.04 Å². The molecule has 0 radical (unpaired) electrons. The lowest BCUT2D eigenvalue weighted by Crippen LogP contribution is -2.47. The van der Waals surface area contributed by atoms with Crippen molar-refractivity contribution >= 4 is 23.2 Å². The molecule has 17 heavy (non-hydrogen) atoms. The van der Waals surface area contributed by atoms with Gasteiger partial charge in [-0.25, -0.2) is 4.79 Å². The summed E-state index contributed by atoms with van der Waals surface area (Å²) in [5.41, 5.74) is 0.